The van der Waals surface area contributed by atoms with Crippen LogP contribution in [0.2, 0.25) is 0 Å². The molecule has 1 atom stereocenters. The van der Waals surface area contributed by atoms with Gasteiger partial charge in [0.15, 0.2) is 0 Å². The first-order valence-electron chi connectivity index (χ1n) is 7.98. The fraction of sp³-hybridized carbons (Fsp3) is 0.500. The number of rotatable bonds is 1. The smallest absolute Gasteiger partial charge is 0.150 e. The van der Waals surface area contributed by atoms with E-state index in [9.17, 15) is 0 Å². The monoisotopic (exact) mass is 556 g/mol. The summed E-state index contributed by atoms with van der Waals surface area (Å²) in [5, 5.41) is 10.6. The van der Waals surface area contributed by atoms with Crippen LogP contribution in [0.3, 0.4) is 0 Å². The first-order chi connectivity index (χ1) is 11.8. The highest BCUT2D eigenvalue weighted by atomic mass is 127. The molecular formula is C16H22I2N4O2. The Bertz CT molecular complexity index is 573. The summed E-state index contributed by atoms with van der Waals surface area (Å²) in [6.45, 7) is 1.79. The molecule has 0 aromatic carbocycles. The van der Waals surface area contributed by atoms with Gasteiger partial charge in [-0.2, -0.15) is 10.2 Å². The molecule has 0 bridgehead atoms. The van der Waals surface area contributed by atoms with Crippen molar-refractivity contribution in [2.24, 2.45) is 0 Å². The molecule has 2 aromatic heterocycles. The predicted octanol–water partition coefficient (Wildman–Crippen LogP) is 4.51. The normalized spacial score (nSPS) is 19.3. The molecule has 2 aliphatic heterocycles. The van der Waals surface area contributed by atoms with E-state index in [1.165, 1.54) is 29.3 Å². The maximum Gasteiger partial charge on any atom is 0.150 e. The SMILES string of the molecule is C1=COCCC1.Ic1cn[nH]c1.Ic1cnn(C2CCCCO2)c1. The molecule has 8 heteroatoms. The molecule has 132 valence electrons. The predicted molar refractivity (Wildman–Crippen MR) is 109 cm³/mol. The molecule has 0 spiro atoms. The van der Waals surface area contributed by atoms with Crippen molar-refractivity contribution < 1.29 is 9.47 Å². The van der Waals surface area contributed by atoms with Crippen molar-refractivity contribution in [2.45, 2.75) is 38.3 Å². The van der Waals surface area contributed by atoms with Crippen molar-refractivity contribution in [1.29, 1.82) is 0 Å². The van der Waals surface area contributed by atoms with E-state index in [2.05, 4.69) is 60.5 Å². The Labute approximate surface area is 169 Å². The average Bonchev–Trinajstić information content (AvgIpc) is 3.30. The number of aromatic amines is 1. The summed E-state index contributed by atoms with van der Waals surface area (Å²) in [6.07, 6.45) is 17.4. The Morgan fingerprint density at radius 3 is 2.42 bits per heavy atom. The van der Waals surface area contributed by atoms with Crippen LogP contribution in [0, 0.1) is 7.14 Å². The van der Waals surface area contributed by atoms with Crippen molar-refractivity contribution >= 4 is 45.2 Å². The standard InChI is InChI=1S/C8H11IN2O.C5H8O.C3H3IN2/c9-7-5-10-11(6-7)8-3-1-2-4-12-8;1-2-4-6-5-3-1;4-3-1-5-6-2-3/h5-6,8H,1-4H2;2,4H,1,3,5H2;1-2H,(H,5,6). The third-order valence-electron chi connectivity index (χ3n) is 3.31. The summed E-state index contributed by atoms with van der Waals surface area (Å²) >= 11 is 4.44. The van der Waals surface area contributed by atoms with Gasteiger partial charge in [0.1, 0.15) is 6.23 Å². The quantitative estimate of drug-likeness (QED) is 0.526. The molecule has 0 saturated carbocycles. The minimum Gasteiger partial charge on any atom is -0.502 e. The zero-order chi connectivity index (χ0) is 17.0. The molecule has 0 amide bonds. The Hall–Kier alpha value is -0.620. The number of nitrogens with zero attached hydrogens (tertiary/aromatic N) is 3. The van der Waals surface area contributed by atoms with Gasteiger partial charge in [-0.3, -0.25) is 5.10 Å². The van der Waals surface area contributed by atoms with Crippen LogP contribution in [0.5, 0.6) is 0 Å². The van der Waals surface area contributed by atoms with E-state index >= 15 is 0 Å². The summed E-state index contributed by atoms with van der Waals surface area (Å²) in [7, 11) is 0. The summed E-state index contributed by atoms with van der Waals surface area (Å²) in [4.78, 5) is 0. The topological polar surface area (TPSA) is 65.0 Å². The van der Waals surface area contributed by atoms with Gasteiger partial charge >= 0.3 is 0 Å². The molecule has 1 fully saturated rings. The van der Waals surface area contributed by atoms with Crippen LogP contribution >= 0.6 is 45.2 Å². The van der Waals surface area contributed by atoms with Crippen LogP contribution in [0.25, 0.3) is 0 Å². The minimum atomic E-state index is 0.183. The van der Waals surface area contributed by atoms with E-state index in [1.54, 1.807) is 12.5 Å². The van der Waals surface area contributed by atoms with Crippen LogP contribution in [-0.2, 0) is 9.47 Å². The molecule has 6 nitrogen and oxygen atoms in total. The van der Waals surface area contributed by atoms with E-state index in [-0.39, 0.29) is 6.23 Å². The number of halogens is 2. The number of nitrogens with one attached hydrogen (secondary N) is 1. The number of hydrogen-bond acceptors (Lipinski definition) is 4. The highest BCUT2D eigenvalue weighted by Crippen LogP contribution is 2.21. The maximum atomic E-state index is 5.57. The molecule has 1 saturated heterocycles. The third kappa shape index (κ3) is 7.97. The molecule has 0 aliphatic carbocycles. The lowest BCUT2D eigenvalue weighted by molar-refractivity contribution is -0.0395. The molecular weight excluding hydrogens is 534 g/mol. The lowest BCUT2D eigenvalue weighted by Gasteiger charge is -2.22. The summed E-state index contributed by atoms with van der Waals surface area (Å²) in [6, 6.07) is 0. The van der Waals surface area contributed by atoms with E-state index in [0.717, 1.165) is 23.2 Å². The van der Waals surface area contributed by atoms with Gasteiger partial charge in [0, 0.05) is 19.0 Å². The van der Waals surface area contributed by atoms with Gasteiger partial charge in [0.25, 0.3) is 0 Å². The van der Waals surface area contributed by atoms with Gasteiger partial charge in [-0.1, -0.05) is 0 Å². The minimum absolute atomic E-state index is 0.183. The number of ether oxygens (including phenoxy) is 2. The van der Waals surface area contributed by atoms with Crippen molar-refractivity contribution in [3.05, 3.63) is 44.3 Å². The Morgan fingerprint density at radius 1 is 1.12 bits per heavy atom. The highest BCUT2D eigenvalue weighted by Gasteiger charge is 2.15. The van der Waals surface area contributed by atoms with E-state index in [0.29, 0.717) is 0 Å². The van der Waals surface area contributed by atoms with E-state index < -0.39 is 0 Å². The molecule has 0 radical (unpaired) electrons. The fourth-order valence-electron chi connectivity index (χ4n) is 2.13. The van der Waals surface area contributed by atoms with Crippen LogP contribution < -0.4 is 0 Å². The number of aromatic nitrogens is 4. The summed E-state index contributed by atoms with van der Waals surface area (Å²) in [5.41, 5.74) is 0. The third-order valence-corrected chi connectivity index (χ3v) is 4.46. The number of hydrogen-bond donors (Lipinski definition) is 1. The van der Waals surface area contributed by atoms with E-state index in [1.807, 2.05) is 29.3 Å². The molecule has 4 heterocycles. The first-order valence-corrected chi connectivity index (χ1v) is 10.1. The molecule has 2 aromatic rings. The first kappa shape index (κ1) is 19.7. The zero-order valence-corrected chi connectivity index (χ0v) is 17.7. The Kier molecular flexibility index (Phi) is 9.73. The second-order valence-corrected chi connectivity index (χ2v) is 7.75. The molecule has 1 unspecified atom stereocenters. The molecule has 1 N–H and O–H groups in total. The van der Waals surface area contributed by atoms with Gasteiger partial charge in [0.2, 0.25) is 0 Å². The van der Waals surface area contributed by atoms with Crippen molar-refractivity contribution in [3.8, 4) is 0 Å². The van der Waals surface area contributed by atoms with E-state index in [4.69, 9.17) is 9.47 Å². The van der Waals surface area contributed by atoms with Crippen LogP contribution in [-0.4, -0.2) is 33.2 Å². The lowest BCUT2D eigenvalue weighted by atomic mass is 10.2. The van der Waals surface area contributed by atoms with Crippen LogP contribution in [0.1, 0.15) is 38.3 Å². The zero-order valence-electron chi connectivity index (χ0n) is 13.4. The second kappa shape index (κ2) is 11.9. The fourth-order valence-corrected chi connectivity index (χ4v) is 2.82. The van der Waals surface area contributed by atoms with Gasteiger partial charge < -0.3 is 9.47 Å². The molecule has 4 rings (SSSR count). The van der Waals surface area contributed by atoms with Crippen LogP contribution in [0.15, 0.2) is 37.1 Å². The molecule has 2 aliphatic rings. The van der Waals surface area contributed by atoms with Crippen molar-refractivity contribution in [1.82, 2.24) is 20.0 Å². The van der Waals surface area contributed by atoms with Crippen LogP contribution in [0.4, 0.5) is 0 Å². The highest BCUT2D eigenvalue weighted by molar-refractivity contribution is 14.1. The average molecular weight is 556 g/mol. The second-order valence-electron chi connectivity index (χ2n) is 5.26. The number of allylic oxidation sites excluding steroid dienone is 1. The largest absolute Gasteiger partial charge is 0.502 e. The van der Waals surface area contributed by atoms with Crippen molar-refractivity contribution in [3.63, 3.8) is 0 Å². The molecule has 24 heavy (non-hydrogen) atoms. The maximum absolute atomic E-state index is 5.57. The summed E-state index contributed by atoms with van der Waals surface area (Å²) in [5.74, 6) is 0. The number of H-pyrrole nitrogens is 1. The van der Waals surface area contributed by atoms with Crippen molar-refractivity contribution in [2.75, 3.05) is 13.2 Å². The Balaban J connectivity index is 0.000000146. The van der Waals surface area contributed by atoms with Gasteiger partial charge in [-0.15, -0.1) is 0 Å². The Morgan fingerprint density at radius 2 is 2.04 bits per heavy atom. The van der Waals surface area contributed by atoms with Gasteiger partial charge in [-0.05, 0) is 83.4 Å². The van der Waals surface area contributed by atoms with Gasteiger partial charge in [0.05, 0.1) is 32.4 Å². The summed E-state index contributed by atoms with van der Waals surface area (Å²) < 4.78 is 14.7. The lowest BCUT2D eigenvalue weighted by Crippen LogP contribution is -2.18. The van der Waals surface area contributed by atoms with Gasteiger partial charge in [-0.25, -0.2) is 4.68 Å².